The summed E-state index contributed by atoms with van der Waals surface area (Å²) in [6, 6.07) is 13.8. The van der Waals surface area contributed by atoms with E-state index in [0.29, 0.717) is 5.39 Å². The van der Waals surface area contributed by atoms with Crippen LogP contribution in [0.15, 0.2) is 62.6 Å². The summed E-state index contributed by atoms with van der Waals surface area (Å²) in [7, 11) is 0. The van der Waals surface area contributed by atoms with Gasteiger partial charge in [0.25, 0.3) is 11.1 Å². The van der Waals surface area contributed by atoms with E-state index in [2.05, 4.69) is 21.0 Å². The second kappa shape index (κ2) is 6.84. The molecule has 0 saturated carbocycles. The summed E-state index contributed by atoms with van der Waals surface area (Å²) in [6.07, 6.45) is 0. The van der Waals surface area contributed by atoms with Crippen LogP contribution in [0.3, 0.4) is 0 Å². The van der Waals surface area contributed by atoms with E-state index in [1.165, 1.54) is 0 Å². The van der Waals surface area contributed by atoms with Crippen LogP contribution in [-0.2, 0) is 22.7 Å². The number of hydrogen-bond donors (Lipinski definition) is 1. The van der Waals surface area contributed by atoms with Gasteiger partial charge in [-0.1, -0.05) is 40.2 Å². The Morgan fingerprint density at radius 3 is 2.58 bits per heavy atom. The molecule has 1 N–H and O–H groups in total. The molecule has 3 aromatic rings. The molecule has 3 rings (SSSR count). The molecule has 7 heteroatoms. The first-order chi connectivity index (χ1) is 11.5. The van der Waals surface area contributed by atoms with Gasteiger partial charge in [0, 0.05) is 4.47 Å². The van der Waals surface area contributed by atoms with Crippen molar-refractivity contribution in [3.05, 3.63) is 79.3 Å². The highest BCUT2D eigenvalue weighted by Crippen LogP contribution is 2.12. The van der Waals surface area contributed by atoms with E-state index in [-0.39, 0.29) is 18.5 Å². The van der Waals surface area contributed by atoms with E-state index in [4.69, 9.17) is 4.74 Å². The number of nitrogens with one attached hydrogen (secondary N) is 1. The summed E-state index contributed by atoms with van der Waals surface area (Å²) in [5.74, 6) is -0.608. The van der Waals surface area contributed by atoms with Gasteiger partial charge in [0.15, 0.2) is 0 Å². The van der Waals surface area contributed by atoms with Crippen molar-refractivity contribution in [2.24, 2.45) is 0 Å². The first kappa shape index (κ1) is 16.2. The Morgan fingerprint density at radius 1 is 1.08 bits per heavy atom. The van der Waals surface area contributed by atoms with Crippen molar-refractivity contribution in [3.63, 3.8) is 0 Å². The Morgan fingerprint density at radius 2 is 1.83 bits per heavy atom. The van der Waals surface area contributed by atoms with E-state index in [9.17, 15) is 14.4 Å². The van der Waals surface area contributed by atoms with Gasteiger partial charge in [-0.25, -0.2) is 4.68 Å². The maximum absolute atomic E-state index is 12.3. The van der Waals surface area contributed by atoms with E-state index in [0.717, 1.165) is 14.7 Å². The average molecular weight is 389 g/mol. The topological polar surface area (TPSA) is 81.2 Å². The predicted molar refractivity (Wildman–Crippen MR) is 92.8 cm³/mol. The monoisotopic (exact) mass is 388 g/mol. The van der Waals surface area contributed by atoms with Gasteiger partial charge in [-0.15, -0.1) is 0 Å². The van der Waals surface area contributed by atoms with Crippen LogP contribution in [0.2, 0.25) is 0 Å². The zero-order valence-electron chi connectivity index (χ0n) is 12.5. The van der Waals surface area contributed by atoms with E-state index in [1.807, 2.05) is 24.3 Å². The number of halogens is 1. The molecule has 0 aliphatic heterocycles. The van der Waals surface area contributed by atoms with Crippen molar-refractivity contribution in [3.8, 4) is 0 Å². The molecule has 0 spiro atoms. The molecule has 24 heavy (non-hydrogen) atoms. The molecule has 0 bridgehead atoms. The Bertz CT molecular complexity index is 1020. The molecule has 1 heterocycles. The molecule has 0 unspecified atom stereocenters. The first-order valence-corrected chi connectivity index (χ1v) is 7.96. The van der Waals surface area contributed by atoms with Gasteiger partial charge in [-0.05, 0) is 29.8 Å². The number of ether oxygens (including phenoxy) is 1. The van der Waals surface area contributed by atoms with Gasteiger partial charge in [0.05, 0.1) is 10.8 Å². The summed E-state index contributed by atoms with van der Waals surface area (Å²) in [5.41, 5.74) is -0.0494. The van der Waals surface area contributed by atoms with Crippen LogP contribution in [0.1, 0.15) is 5.56 Å². The SMILES string of the molecule is O=C(Cn1[nH]c(=O)c2ccccc2c1=O)OCc1cccc(Br)c1. The van der Waals surface area contributed by atoms with E-state index >= 15 is 0 Å². The molecule has 0 aliphatic carbocycles. The summed E-state index contributed by atoms with van der Waals surface area (Å²) in [4.78, 5) is 36.2. The lowest BCUT2D eigenvalue weighted by atomic mass is 10.2. The van der Waals surface area contributed by atoms with Crippen molar-refractivity contribution in [2.75, 3.05) is 0 Å². The van der Waals surface area contributed by atoms with Gasteiger partial charge in [0.1, 0.15) is 13.2 Å². The third-order valence-corrected chi connectivity index (χ3v) is 3.95. The van der Waals surface area contributed by atoms with Gasteiger partial charge in [-0.2, -0.15) is 0 Å². The van der Waals surface area contributed by atoms with Crippen LogP contribution in [0, 0.1) is 0 Å². The summed E-state index contributed by atoms with van der Waals surface area (Å²) in [6.45, 7) is -0.266. The standard InChI is InChI=1S/C17H13BrN2O4/c18-12-5-3-4-11(8-12)10-24-15(21)9-20-17(23)14-7-2-1-6-13(14)16(22)19-20/h1-8H,9-10H2,(H,19,22). The molecule has 6 nitrogen and oxygen atoms in total. The fraction of sp³-hybridized carbons (Fsp3) is 0.118. The molecular formula is C17H13BrN2O4. The minimum absolute atomic E-state index is 0.0881. The normalized spacial score (nSPS) is 10.7. The number of rotatable bonds is 4. The van der Waals surface area contributed by atoms with Crippen molar-refractivity contribution in [1.82, 2.24) is 9.78 Å². The maximum atomic E-state index is 12.3. The zero-order chi connectivity index (χ0) is 17.1. The maximum Gasteiger partial charge on any atom is 0.328 e. The van der Waals surface area contributed by atoms with E-state index in [1.54, 1.807) is 24.3 Å². The molecule has 0 atom stereocenters. The fourth-order valence-electron chi connectivity index (χ4n) is 2.32. The highest BCUT2D eigenvalue weighted by atomic mass is 79.9. The number of fused-ring (bicyclic) bond motifs is 1. The van der Waals surface area contributed by atoms with Crippen LogP contribution in [0.25, 0.3) is 10.8 Å². The molecule has 0 amide bonds. The second-order valence-electron chi connectivity index (χ2n) is 5.17. The highest BCUT2D eigenvalue weighted by Gasteiger charge is 2.11. The van der Waals surface area contributed by atoms with Gasteiger partial charge in [-0.3, -0.25) is 19.5 Å². The summed E-state index contributed by atoms with van der Waals surface area (Å²) in [5, 5.41) is 2.95. The largest absolute Gasteiger partial charge is 0.459 e. The Kier molecular flexibility index (Phi) is 4.61. The highest BCUT2D eigenvalue weighted by molar-refractivity contribution is 9.10. The minimum Gasteiger partial charge on any atom is -0.459 e. The molecule has 1 aromatic heterocycles. The van der Waals surface area contributed by atoms with Crippen molar-refractivity contribution < 1.29 is 9.53 Å². The third-order valence-electron chi connectivity index (χ3n) is 3.46. The predicted octanol–water partition coefficient (Wildman–Crippen LogP) is 2.20. The molecule has 0 fully saturated rings. The fourth-order valence-corrected chi connectivity index (χ4v) is 2.77. The third kappa shape index (κ3) is 3.46. The zero-order valence-corrected chi connectivity index (χ0v) is 14.1. The number of H-pyrrole nitrogens is 1. The molecular weight excluding hydrogens is 376 g/mol. The minimum atomic E-state index is -0.608. The number of nitrogens with zero attached hydrogens (tertiary/aromatic N) is 1. The van der Waals surface area contributed by atoms with Crippen LogP contribution < -0.4 is 11.1 Å². The molecule has 0 aliphatic rings. The van der Waals surface area contributed by atoms with Crippen LogP contribution in [0.5, 0.6) is 0 Å². The first-order valence-electron chi connectivity index (χ1n) is 7.16. The lowest BCUT2D eigenvalue weighted by Gasteiger charge is -2.08. The molecule has 2 aromatic carbocycles. The van der Waals surface area contributed by atoms with Crippen molar-refractivity contribution in [2.45, 2.75) is 13.2 Å². The Balaban J connectivity index is 1.77. The molecule has 122 valence electrons. The number of hydrogen-bond acceptors (Lipinski definition) is 4. The molecule has 0 radical (unpaired) electrons. The lowest BCUT2D eigenvalue weighted by molar-refractivity contribution is -0.146. The average Bonchev–Trinajstić information content (AvgIpc) is 2.58. The van der Waals surface area contributed by atoms with Crippen LogP contribution >= 0.6 is 15.9 Å². The van der Waals surface area contributed by atoms with Crippen LogP contribution in [0.4, 0.5) is 0 Å². The van der Waals surface area contributed by atoms with Gasteiger partial charge >= 0.3 is 5.97 Å². The molecule has 0 saturated heterocycles. The second-order valence-corrected chi connectivity index (χ2v) is 6.08. The van der Waals surface area contributed by atoms with E-state index < -0.39 is 17.1 Å². The number of aromatic amines is 1. The summed E-state index contributed by atoms with van der Waals surface area (Å²) >= 11 is 3.34. The summed E-state index contributed by atoms with van der Waals surface area (Å²) < 4.78 is 7.00. The lowest BCUT2D eigenvalue weighted by Crippen LogP contribution is -2.32. The number of benzene rings is 2. The quantitative estimate of drug-likeness (QED) is 0.694. The Labute approximate surface area is 144 Å². The number of carbonyl (C=O) groups is 1. The van der Waals surface area contributed by atoms with Gasteiger partial charge < -0.3 is 4.74 Å². The van der Waals surface area contributed by atoms with Crippen LogP contribution in [-0.4, -0.2) is 15.7 Å². The van der Waals surface area contributed by atoms with Crippen molar-refractivity contribution in [1.29, 1.82) is 0 Å². The van der Waals surface area contributed by atoms with Gasteiger partial charge in [0.2, 0.25) is 0 Å². The van der Waals surface area contributed by atoms with Crippen molar-refractivity contribution >= 4 is 32.7 Å². The smallest absolute Gasteiger partial charge is 0.328 e. The number of aromatic nitrogens is 2. The Hall–Kier alpha value is -2.67. The number of esters is 1. The number of carbonyl (C=O) groups excluding carboxylic acids is 1.